The van der Waals surface area contributed by atoms with Gasteiger partial charge in [-0.25, -0.2) is 0 Å². The van der Waals surface area contributed by atoms with Gasteiger partial charge < -0.3 is 5.73 Å². The van der Waals surface area contributed by atoms with E-state index in [1.807, 2.05) is 0 Å². The molecule has 0 spiro atoms. The van der Waals surface area contributed by atoms with Crippen LogP contribution >= 0.6 is 0 Å². The van der Waals surface area contributed by atoms with E-state index >= 15 is 0 Å². The van der Waals surface area contributed by atoms with E-state index in [1.165, 1.54) is 4.90 Å². The molecule has 2 N–H and O–H groups in total. The smallest absolute Gasteiger partial charge is 0.233 e. The number of carbonyl (C=O) groups is 2. The molecule has 4 heteroatoms. The summed E-state index contributed by atoms with van der Waals surface area (Å²) in [6.45, 7) is 6.47. The Labute approximate surface area is 95.5 Å². The van der Waals surface area contributed by atoms with E-state index in [0.717, 1.165) is 18.4 Å². The molecule has 1 saturated heterocycles. The molecule has 0 aromatic carbocycles. The fourth-order valence-corrected chi connectivity index (χ4v) is 2.79. The first kappa shape index (κ1) is 11.3. The SMILES string of the molecule is C=C(CN)CN1C(=O)C2CC(C)CC2C1=O. The van der Waals surface area contributed by atoms with Crippen LogP contribution in [-0.4, -0.2) is 29.8 Å². The number of nitrogens with two attached hydrogens (primary N) is 1. The van der Waals surface area contributed by atoms with E-state index in [2.05, 4.69) is 13.5 Å². The van der Waals surface area contributed by atoms with Gasteiger partial charge in [-0.05, 0) is 24.3 Å². The van der Waals surface area contributed by atoms with Gasteiger partial charge in [0, 0.05) is 6.54 Å². The van der Waals surface area contributed by atoms with Crippen LogP contribution in [0.15, 0.2) is 12.2 Å². The molecule has 0 radical (unpaired) electrons. The second kappa shape index (κ2) is 4.01. The largest absolute Gasteiger partial charge is 0.327 e. The third kappa shape index (κ3) is 1.67. The second-order valence-electron chi connectivity index (χ2n) is 5.01. The van der Waals surface area contributed by atoms with Crippen molar-refractivity contribution in [1.29, 1.82) is 0 Å². The summed E-state index contributed by atoms with van der Waals surface area (Å²) in [5, 5.41) is 0. The van der Waals surface area contributed by atoms with Gasteiger partial charge in [-0.3, -0.25) is 14.5 Å². The lowest BCUT2D eigenvalue weighted by Crippen LogP contribution is -2.35. The summed E-state index contributed by atoms with van der Waals surface area (Å²) in [5.74, 6) is 0.298. The zero-order chi connectivity index (χ0) is 11.9. The zero-order valence-corrected chi connectivity index (χ0v) is 9.61. The van der Waals surface area contributed by atoms with Gasteiger partial charge in [0.25, 0.3) is 0 Å². The molecule has 1 heterocycles. The summed E-state index contributed by atoms with van der Waals surface area (Å²) >= 11 is 0. The molecule has 0 aromatic heterocycles. The highest BCUT2D eigenvalue weighted by Crippen LogP contribution is 2.42. The molecule has 2 unspecified atom stereocenters. The lowest BCUT2D eigenvalue weighted by molar-refractivity contribution is -0.139. The molecule has 2 atom stereocenters. The van der Waals surface area contributed by atoms with E-state index in [1.54, 1.807) is 0 Å². The summed E-state index contributed by atoms with van der Waals surface area (Å²) < 4.78 is 0. The Hall–Kier alpha value is -1.16. The average Bonchev–Trinajstić information content (AvgIpc) is 2.73. The summed E-state index contributed by atoms with van der Waals surface area (Å²) in [6.07, 6.45) is 1.70. The van der Waals surface area contributed by atoms with Crippen LogP contribution in [0, 0.1) is 17.8 Å². The minimum absolute atomic E-state index is 0.0195. The molecule has 2 fully saturated rings. The van der Waals surface area contributed by atoms with Crippen LogP contribution in [0.25, 0.3) is 0 Å². The molecule has 2 amide bonds. The first-order valence-corrected chi connectivity index (χ1v) is 5.76. The predicted molar refractivity (Wildman–Crippen MR) is 60.3 cm³/mol. The highest BCUT2D eigenvalue weighted by Gasteiger charge is 2.51. The van der Waals surface area contributed by atoms with Crippen molar-refractivity contribution in [3.8, 4) is 0 Å². The van der Waals surface area contributed by atoms with E-state index in [4.69, 9.17) is 5.73 Å². The summed E-state index contributed by atoms with van der Waals surface area (Å²) in [7, 11) is 0. The van der Waals surface area contributed by atoms with E-state index in [9.17, 15) is 9.59 Å². The summed E-state index contributed by atoms with van der Waals surface area (Å²) in [5.41, 5.74) is 6.16. The van der Waals surface area contributed by atoms with Gasteiger partial charge in [0.05, 0.1) is 18.4 Å². The molecular formula is C12H18N2O2. The van der Waals surface area contributed by atoms with Crippen LogP contribution in [-0.2, 0) is 9.59 Å². The van der Waals surface area contributed by atoms with Crippen molar-refractivity contribution >= 4 is 11.8 Å². The Morgan fingerprint density at radius 2 is 1.88 bits per heavy atom. The molecule has 0 aromatic rings. The number of imide groups is 1. The quantitative estimate of drug-likeness (QED) is 0.559. The fourth-order valence-electron chi connectivity index (χ4n) is 2.79. The monoisotopic (exact) mass is 222 g/mol. The first-order chi connectivity index (χ1) is 7.54. The van der Waals surface area contributed by atoms with Crippen LogP contribution in [0.4, 0.5) is 0 Å². The molecule has 1 aliphatic heterocycles. The van der Waals surface area contributed by atoms with Crippen molar-refractivity contribution in [2.24, 2.45) is 23.5 Å². The van der Waals surface area contributed by atoms with E-state index < -0.39 is 0 Å². The van der Waals surface area contributed by atoms with Crippen molar-refractivity contribution in [3.05, 3.63) is 12.2 Å². The number of rotatable bonds is 3. The normalized spacial score (nSPS) is 33.4. The van der Waals surface area contributed by atoms with Gasteiger partial charge in [0.2, 0.25) is 11.8 Å². The number of amides is 2. The molecule has 16 heavy (non-hydrogen) atoms. The lowest BCUT2D eigenvalue weighted by atomic mass is 10.00. The van der Waals surface area contributed by atoms with Crippen molar-refractivity contribution in [1.82, 2.24) is 4.90 Å². The maximum atomic E-state index is 12.0. The third-order valence-electron chi connectivity index (χ3n) is 3.64. The van der Waals surface area contributed by atoms with Gasteiger partial charge in [0.15, 0.2) is 0 Å². The molecule has 1 aliphatic carbocycles. The number of hydrogen-bond donors (Lipinski definition) is 1. The average molecular weight is 222 g/mol. The highest BCUT2D eigenvalue weighted by molar-refractivity contribution is 6.05. The third-order valence-corrected chi connectivity index (χ3v) is 3.64. The van der Waals surface area contributed by atoms with Gasteiger partial charge in [0.1, 0.15) is 0 Å². The zero-order valence-electron chi connectivity index (χ0n) is 9.61. The number of likely N-dealkylation sites (tertiary alicyclic amines) is 1. The molecule has 2 aliphatic rings. The molecule has 2 rings (SSSR count). The molecule has 0 bridgehead atoms. The van der Waals surface area contributed by atoms with Gasteiger partial charge >= 0.3 is 0 Å². The molecule has 4 nitrogen and oxygen atoms in total. The van der Waals surface area contributed by atoms with Crippen molar-refractivity contribution in [2.45, 2.75) is 19.8 Å². The second-order valence-corrected chi connectivity index (χ2v) is 5.01. The van der Waals surface area contributed by atoms with Gasteiger partial charge in [-0.15, -0.1) is 0 Å². The Morgan fingerprint density at radius 3 is 2.31 bits per heavy atom. The van der Waals surface area contributed by atoms with Crippen molar-refractivity contribution in [2.75, 3.05) is 13.1 Å². The number of hydrogen-bond acceptors (Lipinski definition) is 3. The number of fused-ring (bicyclic) bond motifs is 1. The minimum Gasteiger partial charge on any atom is -0.327 e. The minimum atomic E-state index is -0.0759. The van der Waals surface area contributed by atoms with Crippen LogP contribution in [0.1, 0.15) is 19.8 Å². The Bertz CT molecular complexity index is 327. The van der Waals surface area contributed by atoms with Crippen LogP contribution in [0.3, 0.4) is 0 Å². The first-order valence-electron chi connectivity index (χ1n) is 5.76. The molecular weight excluding hydrogens is 204 g/mol. The Kier molecular flexibility index (Phi) is 2.84. The number of nitrogens with zero attached hydrogens (tertiary/aromatic N) is 1. The maximum Gasteiger partial charge on any atom is 0.233 e. The Morgan fingerprint density at radius 1 is 1.38 bits per heavy atom. The van der Waals surface area contributed by atoms with Crippen molar-refractivity contribution in [3.63, 3.8) is 0 Å². The summed E-state index contributed by atoms with van der Waals surface area (Å²) in [6, 6.07) is 0. The standard InChI is InChI=1S/C12H18N2O2/c1-7-3-9-10(4-7)12(16)14(11(9)15)6-8(2)5-13/h7,9-10H,2-6,13H2,1H3. The topological polar surface area (TPSA) is 63.4 Å². The number of carbonyl (C=O) groups excluding carboxylic acids is 2. The maximum absolute atomic E-state index is 12.0. The Balaban J connectivity index is 2.11. The highest BCUT2D eigenvalue weighted by atomic mass is 16.2. The molecule has 88 valence electrons. The van der Waals surface area contributed by atoms with Crippen LogP contribution < -0.4 is 5.73 Å². The van der Waals surface area contributed by atoms with Crippen LogP contribution in [0.5, 0.6) is 0 Å². The van der Waals surface area contributed by atoms with Gasteiger partial charge in [-0.1, -0.05) is 13.5 Å². The van der Waals surface area contributed by atoms with E-state index in [-0.39, 0.29) is 23.7 Å². The fraction of sp³-hybridized carbons (Fsp3) is 0.667. The lowest BCUT2D eigenvalue weighted by Gasteiger charge is -2.17. The van der Waals surface area contributed by atoms with E-state index in [0.29, 0.717) is 19.0 Å². The predicted octanol–water partition coefficient (Wildman–Crippen LogP) is 0.532. The van der Waals surface area contributed by atoms with Crippen molar-refractivity contribution < 1.29 is 9.59 Å². The van der Waals surface area contributed by atoms with Crippen LogP contribution in [0.2, 0.25) is 0 Å². The molecule has 1 saturated carbocycles. The summed E-state index contributed by atoms with van der Waals surface area (Å²) in [4.78, 5) is 25.4. The van der Waals surface area contributed by atoms with Gasteiger partial charge in [-0.2, -0.15) is 0 Å².